The highest BCUT2D eigenvalue weighted by Gasteiger charge is 2.25. The maximum Gasteiger partial charge on any atom is 0.254 e. The third-order valence-electron chi connectivity index (χ3n) is 4.59. The average Bonchev–Trinajstić information content (AvgIpc) is 2.94. The van der Waals surface area contributed by atoms with Gasteiger partial charge in [-0.2, -0.15) is 0 Å². The van der Waals surface area contributed by atoms with Crippen LogP contribution in [0, 0.1) is 12.8 Å². The lowest BCUT2D eigenvalue weighted by Gasteiger charge is -2.27. The van der Waals surface area contributed by atoms with Crippen LogP contribution < -0.4 is 15.8 Å². The average molecular weight is 353 g/mol. The van der Waals surface area contributed by atoms with Gasteiger partial charge in [0.25, 0.3) is 5.91 Å². The van der Waals surface area contributed by atoms with Crippen molar-refractivity contribution in [3.8, 4) is 16.9 Å². The summed E-state index contributed by atoms with van der Waals surface area (Å²) in [6.07, 6.45) is 2.66. The molecule has 1 atom stereocenters. The van der Waals surface area contributed by atoms with Crippen molar-refractivity contribution in [2.24, 2.45) is 11.7 Å². The molecule has 1 amide bonds. The fourth-order valence-electron chi connectivity index (χ4n) is 3.60. The van der Waals surface area contributed by atoms with Gasteiger partial charge < -0.3 is 15.8 Å². The van der Waals surface area contributed by atoms with E-state index in [1.807, 2.05) is 38.1 Å². The summed E-state index contributed by atoms with van der Waals surface area (Å²) in [6.45, 7) is 9.32. The number of ether oxygens (including phenoxy) is 1. The summed E-state index contributed by atoms with van der Waals surface area (Å²) in [5.41, 5.74) is 10.4. The predicted octanol–water partition coefficient (Wildman–Crippen LogP) is 3.44. The largest absolute Gasteiger partial charge is 0.491 e. The van der Waals surface area contributed by atoms with E-state index in [1.54, 1.807) is 6.20 Å². The minimum Gasteiger partial charge on any atom is -0.491 e. The van der Waals surface area contributed by atoms with E-state index < -0.39 is 0 Å². The van der Waals surface area contributed by atoms with Gasteiger partial charge in [0.2, 0.25) is 0 Å². The van der Waals surface area contributed by atoms with Gasteiger partial charge in [0.05, 0.1) is 17.8 Å². The van der Waals surface area contributed by atoms with E-state index in [1.165, 1.54) is 0 Å². The topological polar surface area (TPSA) is 77.2 Å². The summed E-state index contributed by atoms with van der Waals surface area (Å²) in [5, 5.41) is 2.83. The second-order valence-corrected chi connectivity index (χ2v) is 7.88. The molecule has 0 radical (unpaired) electrons. The molecule has 0 bridgehead atoms. The zero-order valence-corrected chi connectivity index (χ0v) is 15.9. The minimum atomic E-state index is -0.358. The van der Waals surface area contributed by atoms with Crippen LogP contribution in [0.3, 0.4) is 0 Å². The van der Waals surface area contributed by atoms with Crippen LogP contribution in [0.4, 0.5) is 0 Å². The number of nitrogens with one attached hydrogen (secondary N) is 1. The van der Waals surface area contributed by atoms with Gasteiger partial charge in [0.15, 0.2) is 0 Å². The number of carbonyl (C=O) groups is 1. The highest BCUT2D eigenvalue weighted by molar-refractivity contribution is 6.04. The van der Waals surface area contributed by atoms with E-state index in [4.69, 9.17) is 10.5 Å². The number of aromatic nitrogens is 1. The predicted molar refractivity (Wildman–Crippen MR) is 103 cm³/mol. The number of pyridine rings is 1. The van der Waals surface area contributed by atoms with Crippen molar-refractivity contribution >= 4 is 5.91 Å². The van der Waals surface area contributed by atoms with Crippen molar-refractivity contribution < 1.29 is 9.53 Å². The molecule has 0 fully saturated rings. The van der Waals surface area contributed by atoms with Crippen LogP contribution in [0.5, 0.6) is 5.75 Å². The number of nitrogens with zero attached hydrogens (tertiary/aromatic N) is 1. The molecule has 2 aromatic rings. The van der Waals surface area contributed by atoms with Crippen molar-refractivity contribution in [3.05, 3.63) is 47.3 Å². The second kappa shape index (κ2) is 7.08. The van der Waals surface area contributed by atoms with Crippen LogP contribution in [0.1, 0.15) is 48.8 Å². The first-order valence-corrected chi connectivity index (χ1v) is 9.05. The number of carbonyl (C=O) groups excluding carboxylic acids is 1. The van der Waals surface area contributed by atoms with E-state index in [9.17, 15) is 4.79 Å². The first kappa shape index (κ1) is 18.4. The first-order valence-electron chi connectivity index (χ1n) is 9.05. The van der Waals surface area contributed by atoms with Gasteiger partial charge in [-0.3, -0.25) is 9.78 Å². The van der Waals surface area contributed by atoms with Crippen LogP contribution in [0.25, 0.3) is 11.1 Å². The van der Waals surface area contributed by atoms with Gasteiger partial charge >= 0.3 is 0 Å². The quantitative estimate of drug-likeness (QED) is 0.834. The molecule has 0 aliphatic carbocycles. The van der Waals surface area contributed by atoms with Gasteiger partial charge in [-0.15, -0.1) is 0 Å². The lowest BCUT2D eigenvalue weighted by atomic mass is 9.93. The fourth-order valence-corrected chi connectivity index (χ4v) is 3.60. The Kier molecular flexibility index (Phi) is 5.01. The number of fused-ring (bicyclic) bond motifs is 1. The Balaban J connectivity index is 1.81. The SMILES string of the molecule is Cc1cc(-c2ccnc3c2C(=O)NC3)ccc1OCC(C)(N)CC(C)C. The summed E-state index contributed by atoms with van der Waals surface area (Å²) in [6, 6.07) is 7.88. The van der Waals surface area contributed by atoms with Crippen LogP contribution >= 0.6 is 0 Å². The fraction of sp³-hybridized carbons (Fsp3) is 0.429. The lowest BCUT2D eigenvalue weighted by molar-refractivity contribution is 0.0966. The first-order chi connectivity index (χ1) is 12.3. The molecule has 1 aromatic heterocycles. The van der Waals surface area contributed by atoms with Crippen molar-refractivity contribution in [1.29, 1.82) is 0 Å². The molecule has 0 saturated heterocycles. The highest BCUT2D eigenvalue weighted by atomic mass is 16.5. The second-order valence-electron chi connectivity index (χ2n) is 7.88. The lowest BCUT2D eigenvalue weighted by Crippen LogP contribution is -2.43. The molecule has 2 heterocycles. The van der Waals surface area contributed by atoms with Crippen LogP contribution in [0.15, 0.2) is 30.5 Å². The number of hydrogen-bond acceptors (Lipinski definition) is 4. The molecule has 5 heteroatoms. The minimum absolute atomic E-state index is 0.0614. The number of nitrogens with two attached hydrogens (primary N) is 1. The Morgan fingerprint density at radius 3 is 2.81 bits per heavy atom. The zero-order chi connectivity index (χ0) is 18.9. The van der Waals surface area contributed by atoms with Gasteiger partial charge in [-0.1, -0.05) is 19.9 Å². The number of amides is 1. The van der Waals surface area contributed by atoms with Crippen molar-refractivity contribution in [3.63, 3.8) is 0 Å². The van der Waals surface area contributed by atoms with E-state index >= 15 is 0 Å². The molecule has 5 nitrogen and oxygen atoms in total. The van der Waals surface area contributed by atoms with Crippen LogP contribution in [0.2, 0.25) is 0 Å². The Hall–Kier alpha value is -2.40. The third-order valence-corrected chi connectivity index (χ3v) is 4.59. The molecular formula is C21H27N3O2. The van der Waals surface area contributed by atoms with E-state index in [-0.39, 0.29) is 11.4 Å². The molecule has 26 heavy (non-hydrogen) atoms. The van der Waals surface area contributed by atoms with Crippen molar-refractivity contribution in [1.82, 2.24) is 10.3 Å². The van der Waals surface area contributed by atoms with Crippen molar-refractivity contribution in [2.45, 2.75) is 46.2 Å². The van der Waals surface area contributed by atoms with E-state index in [0.29, 0.717) is 24.6 Å². The number of aryl methyl sites for hydroxylation is 1. The molecule has 0 spiro atoms. The Morgan fingerprint density at radius 2 is 2.12 bits per heavy atom. The maximum absolute atomic E-state index is 12.1. The molecule has 3 rings (SSSR count). The molecule has 0 saturated carbocycles. The summed E-state index contributed by atoms with van der Waals surface area (Å²) in [7, 11) is 0. The Labute approximate surface area is 155 Å². The maximum atomic E-state index is 12.1. The molecule has 138 valence electrons. The van der Waals surface area contributed by atoms with Crippen LogP contribution in [-0.4, -0.2) is 23.0 Å². The monoisotopic (exact) mass is 353 g/mol. The molecule has 1 aliphatic heterocycles. The summed E-state index contributed by atoms with van der Waals surface area (Å²) >= 11 is 0. The van der Waals surface area contributed by atoms with E-state index in [2.05, 4.69) is 24.1 Å². The summed E-state index contributed by atoms with van der Waals surface area (Å²) < 4.78 is 5.99. The summed E-state index contributed by atoms with van der Waals surface area (Å²) in [4.78, 5) is 16.4. The van der Waals surface area contributed by atoms with Gasteiger partial charge in [-0.25, -0.2) is 0 Å². The number of benzene rings is 1. The van der Waals surface area contributed by atoms with Gasteiger partial charge in [-0.05, 0) is 61.1 Å². The molecule has 1 aromatic carbocycles. The van der Waals surface area contributed by atoms with E-state index in [0.717, 1.165) is 34.6 Å². The standard InChI is InChI=1S/C21H27N3O2/c1-13(2)10-21(4,22)12-26-18-6-5-15(9-14(18)3)16-7-8-23-17-11-24-20(25)19(16)17/h5-9,13H,10-12,22H2,1-4H3,(H,24,25). The summed E-state index contributed by atoms with van der Waals surface area (Å²) in [5.74, 6) is 1.29. The molecule has 1 aliphatic rings. The van der Waals surface area contributed by atoms with Gasteiger partial charge in [0.1, 0.15) is 12.4 Å². The third kappa shape index (κ3) is 3.88. The smallest absolute Gasteiger partial charge is 0.254 e. The van der Waals surface area contributed by atoms with Crippen molar-refractivity contribution in [2.75, 3.05) is 6.61 Å². The number of rotatable bonds is 6. The molecule has 3 N–H and O–H groups in total. The molecular weight excluding hydrogens is 326 g/mol. The number of hydrogen-bond donors (Lipinski definition) is 2. The Bertz CT molecular complexity index is 828. The Morgan fingerprint density at radius 1 is 1.35 bits per heavy atom. The highest BCUT2D eigenvalue weighted by Crippen LogP contribution is 2.31. The normalized spacial score (nSPS) is 15.5. The molecule has 1 unspecified atom stereocenters. The van der Waals surface area contributed by atoms with Gasteiger partial charge in [0, 0.05) is 11.7 Å². The van der Waals surface area contributed by atoms with Crippen LogP contribution in [-0.2, 0) is 6.54 Å². The zero-order valence-electron chi connectivity index (χ0n) is 15.9.